The Morgan fingerprint density at radius 2 is 1.24 bits per heavy atom. The molecule has 0 rings (SSSR count). The topological polar surface area (TPSA) is 0 Å². The van der Waals surface area contributed by atoms with Gasteiger partial charge in [0.25, 0.3) is 6.08 Å². The van der Waals surface area contributed by atoms with Crippen molar-refractivity contribution < 1.29 is 43.9 Å². The van der Waals surface area contributed by atoms with Crippen molar-refractivity contribution >= 4 is 11.6 Å². The summed E-state index contributed by atoms with van der Waals surface area (Å²) in [5.74, 6) is 0. The average molecular weight is 301 g/mol. The molecule has 0 aromatic heterocycles. The average Bonchev–Trinajstić information content (AvgIpc) is 1.68. The van der Waals surface area contributed by atoms with Gasteiger partial charge in [-0.15, -0.1) is 0 Å². The predicted octanol–water partition coefficient (Wildman–Crippen LogP) is 5.10. The lowest BCUT2D eigenvalue weighted by Crippen LogP contribution is -2.19. The van der Waals surface area contributed by atoms with Crippen molar-refractivity contribution in [3.63, 3.8) is 0 Å². The Kier molecular flexibility index (Phi) is 6.94. The van der Waals surface area contributed by atoms with Crippen LogP contribution in [0.25, 0.3) is 0 Å². The lowest BCUT2D eigenvalue weighted by atomic mass is 10.4. The molecular weight excluding hydrogens is 297 g/mol. The molecule has 0 aliphatic rings. The van der Waals surface area contributed by atoms with E-state index in [9.17, 15) is 43.9 Å². The monoisotopic (exact) mass is 300 g/mol. The molecule has 0 aliphatic carbocycles. The van der Waals surface area contributed by atoms with Crippen LogP contribution in [0.15, 0.2) is 12.2 Å². The van der Waals surface area contributed by atoms with E-state index in [4.69, 9.17) is 0 Å². The second kappa shape index (κ2) is 6.31. The maximum atomic E-state index is 11.3. The zero-order valence-electron chi connectivity index (χ0n) is 7.44. The van der Waals surface area contributed by atoms with Gasteiger partial charge in [0, 0.05) is 0 Å². The summed E-state index contributed by atoms with van der Waals surface area (Å²) in [5, 5.41) is -4.17. The third kappa shape index (κ3) is 25.5. The van der Waals surface area contributed by atoms with Crippen LogP contribution in [0.2, 0.25) is 0 Å². The lowest BCUT2D eigenvalue weighted by molar-refractivity contribution is -0.167. The van der Waals surface area contributed by atoms with E-state index in [0.717, 1.165) is 0 Å². The van der Waals surface area contributed by atoms with E-state index in [1.165, 1.54) is 0 Å². The van der Waals surface area contributed by atoms with Crippen LogP contribution in [0.1, 0.15) is 6.42 Å². The van der Waals surface area contributed by atoms with Gasteiger partial charge < -0.3 is 0 Å². The first kappa shape index (κ1) is 18.7. The zero-order chi connectivity index (χ0) is 14.5. The van der Waals surface area contributed by atoms with E-state index in [1.807, 2.05) is 0 Å². The molecule has 0 atom stereocenters. The van der Waals surface area contributed by atoms with Gasteiger partial charge in [-0.1, -0.05) is 0 Å². The van der Waals surface area contributed by atoms with Gasteiger partial charge >= 0.3 is 17.7 Å². The number of allylic oxidation sites excluding steroid dienone is 1. The molecule has 0 spiro atoms. The molecule has 17 heavy (non-hydrogen) atoms. The van der Waals surface area contributed by atoms with Crippen LogP contribution in [0, 0.1) is 0 Å². The molecule has 0 saturated heterocycles. The first-order valence-electron chi connectivity index (χ1n) is 3.36. The molecule has 104 valence electrons. The third-order valence-electron chi connectivity index (χ3n) is 0.674. The van der Waals surface area contributed by atoms with Gasteiger partial charge in [0.1, 0.15) is 6.42 Å². The van der Waals surface area contributed by atoms with Gasteiger partial charge in [-0.2, -0.15) is 43.9 Å². The normalized spacial score (nSPS) is 12.6. The summed E-state index contributed by atoms with van der Waals surface area (Å²) >= 11 is 3.96. The highest BCUT2D eigenvalue weighted by Gasteiger charge is 2.41. The number of rotatable bonds is 1. The van der Waals surface area contributed by atoms with Gasteiger partial charge in [0.2, 0.25) is 0 Å². The van der Waals surface area contributed by atoms with E-state index >= 15 is 0 Å². The molecule has 0 aromatic carbocycles. The molecule has 0 aliphatic heterocycles. The Morgan fingerprint density at radius 3 is 1.24 bits per heavy atom. The highest BCUT2D eigenvalue weighted by molar-refractivity contribution is 6.21. The fourth-order valence-electron chi connectivity index (χ4n) is 0.351. The van der Waals surface area contributed by atoms with Gasteiger partial charge in [0.05, 0.1) is 6.08 Å². The van der Waals surface area contributed by atoms with Crippen molar-refractivity contribution in [1.29, 1.82) is 0 Å². The molecule has 0 unspecified atom stereocenters. The highest BCUT2D eigenvalue weighted by Crippen LogP contribution is 2.33. The van der Waals surface area contributed by atoms with E-state index in [-0.39, 0.29) is 0 Å². The summed E-state index contributed by atoms with van der Waals surface area (Å²) in [6.45, 7) is 0. The first-order chi connectivity index (χ1) is 7.12. The molecule has 0 nitrogen and oxygen atoms in total. The quantitative estimate of drug-likeness (QED) is 0.467. The fraction of sp³-hybridized carbons (Fsp3) is 0.667. The fourth-order valence-corrected chi connectivity index (χ4v) is 0.503. The maximum Gasteiger partial charge on any atom is 0.414 e. The third-order valence-corrected chi connectivity index (χ3v) is 0.807. The predicted molar refractivity (Wildman–Crippen MR) is 37.8 cm³/mol. The smallest absolute Gasteiger partial charge is 0.188 e. The molecule has 0 aromatic rings. The molecule has 0 amide bonds. The molecule has 0 heterocycles. The van der Waals surface area contributed by atoms with Crippen LogP contribution in [0.3, 0.4) is 0 Å². The standard InChI is InChI=1S/C3H2ClF5.C3HF5/c4-2(5,6)1-3(7,8)9;4-2(5)1-3(6,7)8/h1H2;1H. The van der Waals surface area contributed by atoms with Crippen molar-refractivity contribution in [2.45, 2.75) is 24.2 Å². The minimum atomic E-state index is -4.90. The van der Waals surface area contributed by atoms with Crippen molar-refractivity contribution in [2.75, 3.05) is 0 Å². The number of alkyl halides is 9. The van der Waals surface area contributed by atoms with Gasteiger partial charge in [0.15, 0.2) is 0 Å². The highest BCUT2D eigenvalue weighted by atomic mass is 35.5. The second-order valence-corrected chi connectivity index (χ2v) is 2.94. The molecule has 0 saturated carbocycles. The van der Waals surface area contributed by atoms with Crippen LogP contribution < -0.4 is 0 Å². The summed E-state index contributed by atoms with van der Waals surface area (Å²) < 4.78 is 109. The molecule has 0 N–H and O–H groups in total. The van der Waals surface area contributed by atoms with Crippen molar-refractivity contribution in [3.05, 3.63) is 12.2 Å². The SMILES string of the molecule is FC(F)(F)CC(F)(F)Cl.FC(F)=CC(F)(F)F. The van der Waals surface area contributed by atoms with Gasteiger partial charge in [-0.05, 0) is 11.6 Å². The van der Waals surface area contributed by atoms with E-state index in [2.05, 4.69) is 11.6 Å². The summed E-state index contributed by atoms with van der Waals surface area (Å²) in [4.78, 5) is 0. The van der Waals surface area contributed by atoms with Crippen LogP contribution in [-0.4, -0.2) is 17.7 Å². The van der Waals surface area contributed by atoms with Crippen molar-refractivity contribution in [1.82, 2.24) is 0 Å². The summed E-state index contributed by atoms with van der Waals surface area (Å²) in [6.07, 6.45) is -15.9. The van der Waals surface area contributed by atoms with Crippen LogP contribution in [0.5, 0.6) is 0 Å². The zero-order valence-corrected chi connectivity index (χ0v) is 8.20. The Morgan fingerprint density at radius 1 is 0.882 bits per heavy atom. The van der Waals surface area contributed by atoms with Crippen LogP contribution >= 0.6 is 11.6 Å². The number of hydrogen-bond acceptors (Lipinski definition) is 0. The Hall–Kier alpha value is -0.670. The minimum Gasteiger partial charge on any atom is -0.188 e. The number of halogens is 11. The molecular formula is C6H3ClF10. The maximum absolute atomic E-state index is 11.3. The minimum absolute atomic E-state index is 1.06. The molecule has 11 heteroatoms. The summed E-state index contributed by atoms with van der Waals surface area (Å²) in [6, 6.07) is 0. The first-order valence-corrected chi connectivity index (χ1v) is 3.74. The molecule has 0 fully saturated rings. The van der Waals surface area contributed by atoms with Gasteiger partial charge in [-0.25, -0.2) is 0 Å². The largest absolute Gasteiger partial charge is 0.414 e. The Balaban J connectivity index is 0. The van der Waals surface area contributed by atoms with Crippen LogP contribution in [0.4, 0.5) is 43.9 Å². The van der Waals surface area contributed by atoms with Gasteiger partial charge in [-0.3, -0.25) is 0 Å². The van der Waals surface area contributed by atoms with Crippen LogP contribution in [-0.2, 0) is 0 Å². The Bertz CT molecular complexity index is 227. The van der Waals surface area contributed by atoms with Crippen molar-refractivity contribution in [2.24, 2.45) is 0 Å². The van der Waals surface area contributed by atoms with E-state index < -0.39 is 36.3 Å². The number of hydrogen-bond donors (Lipinski definition) is 0. The molecule has 0 radical (unpaired) electrons. The summed E-state index contributed by atoms with van der Waals surface area (Å²) in [7, 11) is 0. The lowest BCUT2D eigenvalue weighted by Gasteiger charge is -2.09. The van der Waals surface area contributed by atoms with E-state index in [1.54, 1.807) is 0 Å². The second-order valence-electron chi connectivity index (χ2n) is 2.38. The Labute approximate surface area is 92.8 Å². The summed E-state index contributed by atoms with van der Waals surface area (Å²) in [5.41, 5.74) is 0. The van der Waals surface area contributed by atoms with Crippen molar-refractivity contribution in [3.8, 4) is 0 Å². The molecule has 0 bridgehead atoms. The van der Waals surface area contributed by atoms with E-state index in [0.29, 0.717) is 0 Å².